The summed E-state index contributed by atoms with van der Waals surface area (Å²) in [7, 11) is 1.55. The lowest BCUT2D eigenvalue weighted by atomic mass is 10.1. The molecule has 5 nitrogen and oxygen atoms in total. The average Bonchev–Trinajstić information content (AvgIpc) is 2.48. The standard InChI is InChI=1S/C16H22N2O3/c1-12-6-7-14(21-2)13(10-12)17-15(19)11-16(20)18-8-4-3-5-9-18/h6-7,10H,3-5,8-9,11H2,1-2H3,(H,17,19). The number of nitrogens with zero attached hydrogens (tertiary/aromatic N) is 1. The lowest BCUT2D eigenvalue weighted by Gasteiger charge is -2.26. The molecule has 0 unspecified atom stereocenters. The SMILES string of the molecule is COc1ccc(C)cc1NC(=O)CC(=O)N1CCCCC1. The van der Waals surface area contributed by atoms with Crippen molar-refractivity contribution in [1.82, 2.24) is 4.90 Å². The number of anilines is 1. The third kappa shape index (κ3) is 4.21. The number of hydrogen-bond donors (Lipinski definition) is 1. The fraction of sp³-hybridized carbons (Fsp3) is 0.500. The number of ether oxygens (including phenoxy) is 1. The number of rotatable bonds is 4. The van der Waals surface area contributed by atoms with E-state index in [0.29, 0.717) is 11.4 Å². The van der Waals surface area contributed by atoms with Gasteiger partial charge in [-0.1, -0.05) is 6.07 Å². The third-order valence-electron chi connectivity index (χ3n) is 3.65. The summed E-state index contributed by atoms with van der Waals surface area (Å²) in [5.74, 6) is 0.202. The van der Waals surface area contributed by atoms with E-state index in [1.54, 1.807) is 18.1 Å². The van der Waals surface area contributed by atoms with Crippen LogP contribution in [0.5, 0.6) is 5.75 Å². The molecule has 5 heteroatoms. The van der Waals surface area contributed by atoms with Crippen molar-refractivity contribution in [3.63, 3.8) is 0 Å². The molecule has 0 aromatic heterocycles. The Morgan fingerprint density at radius 2 is 1.95 bits per heavy atom. The van der Waals surface area contributed by atoms with Gasteiger partial charge in [-0.2, -0.15) is 0 Å². The lowest BCUT2D eigenvalue weighted by Crippen LogP contribution is -2.37. The number of carbonyl (C=O) groups is 2. The van der Waals surface area contributed by atoms with Gasteiger partial charge in [0.15, 0.2) is 0 Å². The van der Waals surface area contributed by atoms with E-state index >= 15 is 0 Å². The van der Waals surface area contributed by atoms with Crippen molar-refractivity contribution in [2.24, 2.45) is 0 Å². The van der Waals surface area contributed by atoms with Gasteiger partial charge < -0.3 is 15.0 Å². The van der Waals surface area contributed by atoms with Crippen LogP contribution in [-0.2, 0) is 9.59 Å². The molecule has 21 heavy (non-hydrogen) atoms. The van der Waals surface area contributed by atoms with Crippen LogP contribution >= 0.6 is 0 Å². The molecular weight excluding hydrogens is 268 g/mol. The molecule has 1 aromatic carbocycles. The van der Waals surface area contributed by atoms with Gasteiger partial charge in [-0.15, -0.1) is 0 Å². The van der Waals surface area contributed by atoms with Crippen molar-refractivity contribution in [2.45, 2.75) is 32.6 Å². The van der Waals surface area contributed by atoms with Crippen LogP contribution in [0.25, 0.3) is 0 Å². The number of nitrogens with one attached hydrogen (secondary N) is 1. The molecule has 1 aliphatic rings. The first kappa shape index (κ1) is 15.4. The normalized spacial score (nSPS) is 14.7. The van der Waals surface area contributed by atoms with E-state index in [1.165, 1.54) is 0 Å². The van der Waals surface area contributed by atoms with E-state index < -0.39 is 0 Å². The highest BCUT2D eigenvalue weighted by Gasteiger charge is 2.19. The Balaban J connectivity index is 1.95. The van der Waals surface area contributed by atoms with Gasteiger partial charge >= 0.3 is 0 Å². The largest absolute Gasteiger partial charge is 0.495 e. The Bertz CT molecular complexity index is 522. The van der Waals surface area contributed by atoms with Crippen molar-refractivity contribution in [3.05, 3.63) is 23.8 Å². The Labute approximate surface area is 125 Å². The maximum Gasteiger partial charge on any atom is 0.233 e. The third-order valence-corrected chi connectivity index (χ3v) is 3.65. The molecule has 0 saturated carbocycles. The van der Waals surface area contributed by atoms with Gasteiger partial charge in [0.05, 0.1) is 12.8 Å². The number of amides is 2. The van der Waals surface area contributed by atoms with Crippen LogP contribution in [0.4, 0.5) is 5.69 Å². The Morgan fingerprint density at radius 1 is 1.24 bits per heavy atom. The van der Waals surface area contributed by atoms with Gasteiger partial charge in [-0.25, -0.2) is 0 Å². The van der Waals surface area contributed by atoms with Crippen molar-refractivity contribution < 1.29 is 14.3 Å². The van der Waals surface area contributed by atoms with E-state index in [4.69, 9.17) is 4.74 Å². The molecule has 2 rings (SSSR count). The van der Waals surface area contributed by atoms with Gasteiger partial charge in [-0.05, 0) is 43.9 Å². The van der Waals surface area contributed by atoms with Crippen molar-refractivity contribution >= 4 is 17.5 Å². The molecular formula is C16H22N2O3. The summed E-state index contributed by atoms with van der Waals surface area (Å²) in [4.78, 5) is 25.9. The number of likely N-dealkylation sites (tertiary alicyclic amines) is 1. The van der Waals surface area contributed by atoms with Crippen molar-refractivity contribution in [2.75, 3.05) is 25.5 Å². The molecule has 1 fully saturated rings. The molecule has 1 aliphatic heterocycles. The Morgan fingerprint density at radius 3 is 2.62 bits per heavy atom. The van der Waals surface area contributed by atoms with Gasteiger partial charge in [0.2, 0.25) is 11.8 Å². The molecule has 114 valence electrons. The summed E-state index contributed by atoms with van der Waals surface area (Å²) in [5, 5.41) is 2.76. The van der Waals surface area contributed by atoms with Gasteiger partial charge in [0, 0.05) is 13.1 Å². The summed E-state index contributed by atoms with van der Waals surface area (Å²) < 4.78 is 5.21. The Kier molecular flexibility index (Phi) is 5.20. The van der Waals surface area contributed by atoms with Crippen LogP contribution in [0.2, 0.25) is 0 Å². The van der Waals surface area contributed by atoms with Crippen LogP contribution in [0, 0.1) is 6.92 Å². The fourth-order valence-corrected chi connectivity index (χ4v) is 2.51. The summed E-state index contributed by atoms with van der Waals surface area (Å²) in [6.45, 7) is 3.47. The van der Waals surface area contributed by atoms with Crippen LogP contribution in [0.1, 0.15) is 31.2 Å². The van der Waals surface area contributed by atoms with E-state index in [-0.39, 0.29) is 18.2 Å². The number of benzene rings is 1. The maximum atomic E-state index is 12.1. The predicted octanol–water partition coefficient (Wildman–Crippen LogP) is 2.34. The zero-order valence-electron chi connectivity index (χ0n) is 12.6. The minimum atomic E-state index is -0.297. The zero-order chi connectivity index (χ0) is 15.2. The molecule has 0 atom stereocenters. The Hall–Kier alpha value is -2.04. The molecule has 0 radical (unpaired) electrons. The van der Waals surface area contributed by atoms with Crippen molar-refractivity contribution in [1.29, 1.82) is 0 Å². The maximum absolute atomic E-state index is 12.1. The number of carbonyl (C=O) groups excluding carboxylic acids is 2. The topological polar surface area (TPSA) is 58.6 Å². The monoisotopic (exact) mass is 290 g/mol. The smallest absolute Gasteiger partial charge is 0.233 e. The first-order valence-corrected chi connectivity index (χ1v) is 7.32. The molecule has 1 heterocycles. The highest BCUT2D eigenvalue weighted by Crippen LogP contribution is 2.25. The molecule has 1 saturated heterocycles. The van der Waals surface area contributed by atoms with Gasteiger partial charge in [0.1, 0.15) is 12.2 Å². The van der Waals surface area contributed by atoms with Crippen LogP contribution in [0.15, 0.2) is 18.2 Å². The molecule has 1 N–H and O–H groups in total. The average molecular weight is 290 g/mol. The van der Waals surface area contributed by atoms with Gasteiger partial charge in [0.25, 0.3) is 0 Å². The molecule has 0 spiro atoms. The summed E-state index contributed by atoms with van der Waals surface area (Å²) in [5.41, 5.74) is 1.63. The minimum absolute atomic E-state index is 0.0983. The lowest BCUT2D eigenvalue weighted by molar-refractivity contribution is -0.135. The van der Waals surface area contributed by atoms with Gasteiger partial charge in [-0.3, -0.25) is 9.59 Å². The quantitative estimate of drug-likeness (QED) is 0.866. The number of methoxy groups -OCH3 is 1. The molecule has 1 aromatic rings. The number of hydrogen-bond acceptors (Lipinski definition) is 3. The summed E-state index contributed by atoms with van der Waals surface area (Å²) in [6, 6.07) is 5.55. The van der Waals surface area contributed by atoms with E-state index in [2.05, 4.69) is 5.32 Å². The summed E-state index contributed by atoms with van der Waals surface area (Å²) >= 11 is 0. The first-order valence-electron chi connectivity index (χ1n) is 7.32. The predicted molar refractivity (Wildman–Crippen MR) is 81.4 cm³/mol. The van der Waals surface area contributed by atoms with Crippen LogP contribution in [-0.4, -0.2) is 36.9 Å². The number of aryl methyl sites for hydroxylation is 1. The van der Waals surface area contributed by atoms with E-state index in [0.717, 1.165) is 37.9 Å². The first-order chi connectivity index (χ1) is 10.1. The second-order valence-electron chi connectivity index (χ2n) is 5.37. The summed E-state index contributed by atoms with van der Waals surface area (Å²) in [6.07, 6.45) is 3.10. The van der Waals surface area contributed by atoms with Crippen LogP contribution in [0.3, 0.4) is 0 Å². The van der Waals surface area contributed by atoms with E-state index in [9.17, 15) is 9.59 Å². The van der Waals surface area contributed by atoms with E-state index in [1.807, 2.05) is 19.1 Å². The molecule has 2 amide bonds. The highest BCUT2D eigenvalue weighted by atomic mass is 16.5. The molecule has 0 aliphatic carbocycles. The van der Waals surface area contributed by atoms with Crippen LogP contribution < -0.4 is 10.1 Å². The molecule has 0 bridgehead atoms. The minimum Gasteiger partial charge on any atom is -0.495 e. The van der Waals surface area contributed by atoms with Crippen molar-refractivity contribution in [3.8, 4) is 5.75 Å². The fourth-order valence-electron chi connectivity index (χ4n) is 2.51. The second kappa shape index (κ2) is 7.11. The highest BCUT2D eigenvalue weighted by molar-refractivity contribution is 6.04. The second-order valence-corrected chi connectivity index (χ2v) is 5.37. The zero-order valence-corrected chi connectivity index (χ0v) is 12.6. The number of piperidine rings is 1.